The number of benzene rings is 1. The summed E-state index contributed by atoms with van der Waals surface area (Å²) in [4.78, 5) is 4.67. The van der Waals surface area contributed by atoms with Crippen LogP contribution in [0.2, 0.25) is 0 Å². The second-order valence-corrected chi connectivity index (χ2v) is 6.35. The molecule has 2 aromatic rings. The van der Waals surface area contributed by atoms with Gasteiger partial charge in [-0.05, 0) is 54.9 Å². The first kappa shape index (κ1) is 12.1. The summed E-state index contributed by atoms with van der Waals surface area (Å²) in [5.74, 6) is 0.403. The molecule has 0 amide bonds. The molecular weight excluding hydrogens is 244 g/mol. The van der Waals surface area contributed by atoms with E-state index in [1.165, 1.54) is 35.2 Å². The van der Waals surface area contributed by atoms with E-state index in [1.54, 1.807) is 0 Å². The normalized spacial score (nSPS) is 23.1. The van der Waals surface area contributed by atoms with Gasteiger partial charge in [0, 0.05) is 23.3 Å². The van der Waals surface area contributed by atoms with Gasteiger partial charge >= 0.3 is 0 Å². The molecule has 0 saturated carbocycles. The van der Waals surface area contributed by atoms with Gasteiger partial charge in [-0.25, -0.2) is 0 Å². The molecular formula is C18H20N2. The van der Waals surface area contributed by atoms with Gasteiger partial charge in [-0.3, -0.25) is 4.98 Å². The third-order valence-corrected chi connectivity index (χ3v) is 5.05. The molecule has 1 aromatic carbocycles. The molecule has 1 unspecified atom stereocenters. The lowest BCUT2D eigenvalue weighted by atomic mass is 9.72. The molecule has 1 heterocycles. The average Bonchev–Trinajstić information content (AvgIpc) is 2.84. The van der Waals surface area contributed by atoms with Gasteiger partial charge in [0.1, 0.15) is 0 Å². The van der Waals surface area contributed by atoms with E-state index in [0.717, 1.165) is 19.3 Å². The summed E-state index contributed by atoms with van der Waals surface area (Å²) in [6, 6.07) is 13.0. The maximum Gasteiger partial charge on any atom is 0.0485 e. The van der Waals surface area contributed by atoms with Crippen LogP contribution < -0.4 is 5.73 Å². The molecule has 0 fully saturated rings. The molecule has 4 rings (SSSR count). The Morgan fingerprint density at radius 1 is 1.00 bits per heavy atom. The van der Waals surface area contributed by atoms with E-state index >= 15 is 0 Å². The number of aryl methyl sites for hydroxylation is 1. The second-order valence-electron chi connectivity index (χ2n) is 6.35. The lowest BCUT2D eigenvalue weighted by molar-refractivity contribution is 0.320. The number of fused-ring (bicyclic) bond motifs is 2. The van der Waals surface area contributed by atoms with E-state index in [4.69, 9.17) is 5.73 Å². The van der Waals surface area contributed by atoms with Gasteiger partial charge in [-0.1, -0.05) is 30.3 Å². The van der Waals surface area contributed by atoms with Crippen LogP contribution in [0.1, 0.15) is 41.1 Å². The molecule has 2 N–H and O–H groups in total. The first-order valence-corrected chi connectivity index (χ1v) is 7.56. The van der Waals surface area contributed by atoms with E-state index in [1.807, 2.05) is 12.3 Å². The largest absolute Gasteiger partial charge is 0.324 e. The van der Waals surface area contributed by atoms with Crippen molar-refractivity contribution in [1.29, 1.82) is 0 Å². The van der Waals surface area contributed by atoms with Crippen LogP contribution in [-0.2, 0) is 19.3 Å². The van der Waals surface area contributed by atoms with Crippen LogP contribution in [0.5, 0.6) is 0 Å². The van der Waals surface area contributed by atoms with Crippen LogP contribution in [0.3, 0.4) is 0 Å². The fourth-order valence-electron chi connectivity index (χ4n) is 4.09. The summed E-state index contributed by atoms with van der Waals surface area (Å²) in [7, 11) is 0. The van der Waals surface area contributed by atoms with Gasteiger partial charge in [0.05, 0.1) is 0 Å². The van der Waals surface area contributed by atoms with Gasteiger partial charge in [0.15, 0.2) is 0 Å². The molecule has 20 heavy (non-hydrogen) atoms. The molecule has 0 aliphatic heterocycles. The van der Waals surface area contributed by atoms with Crippen LogP contribution in [-0.4, -0.2) is 10.5 Å². The monoisotopic (exact) mass is 264 g/mol. The highest BCUT2D eigenvalue weighted by Crippen LogP contribution is 2.43. The lowest BCUT2D eigenvalue weighted by Gasteiger charge is -2.37. The van der Waals surface area contributed by atoms with E-state index in [2.05, 4.69) is 35.3 Å². The van der Waals surface area contributed by atoms with Crippen molar-refractivity contribution >= 4 is 0 Å². The van der Waals surface area contributed by atoms with Crippen LogP contribution in [0.25, 0.3) is 0 Å². The minimum absolute atomic E-state index is 0.146. The summed E-state index contributed by atoms with van der Waals surface area (Å²) < 4.78 is 0. The summed E-state index contributed by atoms with van der Waals surface area (Å²) in [6.07, 6.45) is 7.46. The standard InChI is InChI=1S/C18H20N2/c19-18(11-14-5-1-2-6-15(14)12-18)16-9-3-7-13-8-4-10-20-17(13)16/h1-2,4-6,8,10,16H,3,7,9,11-12,19H2. The maximum atomic E-state index is 6.86. The molecule has 1 atom stereocenters. The Morgan fingerprint density at radius 3 is 2.45 bits per heavy atom. The number of rotatable bonds is 1. The highest BCUT2D eigenvalue weighted by atomic mass is 14.8. The zero-order chi connectivity index (χ0) is 13.6. The molecule has 1 aromatic heterocycles. The Morgan fingerprint density at radius 2 is 1.70 bits per heavy atom. The first-order valence-electron chi connectivity index (χ1n) is 7.56. The minimum atomic E-state index is -0.146. The highest BCUT2D eigenvalue weighted by Gasteiger charge is 2.43. The average molecular weight is 264 g/mol. The smallest absolute Gasteiger partial charge is 0.0485 e. The fourth-order valence-corrected chi connectivity index (χ4v) is 4.09. The SMILES string of the molecule is NC1(C2CCCc3cccnc32)Cc2ccccc2C1. The number of aromatic nitrogens is 1. The zero-order valence-corrected chi connectivity index (χ0v) is 11.7. The molecule has 2 aliphatic rings. The summed E-state index contributed by atoms with van der Waals surface area (Å²) in [6.45, 7) is 0. The van der Waals surface area contributed by atoms with Crippen LogP contribution in [0.4, 0.5) is 0 Å². The molecule has 0 saturated heterocycles. The number of hydrogen-bond donors (Lipinski definition) is 1. The number of pyridine rings is 1. The lowest BCUT2D eigenvalue weighted by Crippen LogP contribution is -2.48. The van der Waals surface area contributed by atoms with Crippen molar-refractivity contribution < 1.29 is 0 Å². The molecule has 2 aliphatic carbocycles. The van der Waals surface area contributed by atoms with E-state index in [0.29, 0.717) is 5.92 Å². The summed E-state index contributed by atoms with van der Waals surface area (Å²) in [5.41, 5.74) is 12.2. The predicted molar refractivity (Wildman–Crippen MR) is 80.7 cm³/mol. The predicted octanol–water partition coefficient (Wildman–Crippen LogP) is 3.00. The molecule has 0 spiro atoms. The van der Waals surface area contributed by atoms with Crippen molar-refractivity contribution in [2.45, 2.75) is 43.6 Å². The van der Waals surface area contributed by atoms with Gasteiger partial charge in [0.2, 0.25) is 0 Å². The summed E-state index contributed by atoms with van der Waals surface area (Å²) >= 11 is 0. The Kier molecular flexibility index (Phi) is 2.67. The van der Waals surface area contributed by atoms with E-state index in [9.17, 15) is 0 Å². The van der Waals surface area contributed by atoms with Crippen molar-refractivity contribution in [1.82, 2.24) is 4.98 Å². The zero-order valence-electron chi connectivity index (χ0n) is 11.7. The van der Waals surface area contributed by atoms with Gasteiger partial charge < -0.3 is 5.73 Å². The molecule has 0 bridgehead atoms. The Labute approximate surface area is 120 Å². The van der Waals surface area contributed by atoms with Crippen molar-refractivity contribution in [3.8, 4) is 0 Å². The number of hydrogen-bond acceptors (Lipinski definition) is 2. The van der Waals surface area contributed by atoms with Gasteiger partial charge in [-0.15, -0.1) is 0 Å². The molecule has 102 valence electrons. The number of nitrogens with two attached hydrogens (primary N) is 1. The number of nitrogens with zero attached hydrogens (tertiary/aromatic N) is 1. The molecule has 0 radical (unpaired) electrons. The van der Waals surface area contributed by atoms with Crippen molar-refractivity contribution in [3.05, 3.63) is 65.0 Å². The van der Waals surface area contributed by atoms with Crippen LogP contribution in [0.15, 0.2) is 42.6 Å². The Balaban J connectivity index is 1.73. The van der Waals surface area contributed by atoms with Crippen molar-refractivity contribution in [3.63, 3.8) is 0 Å². The van der Waals surface area contributed by atoms with Crippen LogP contribution in [0, 0.1) is 0 Å². The van der Waals surface area contributed by atoms with Gasteiger partial charge in [-0.2, -0.15) is 0 Å². The first-order chi connectivity index (χ1) is 9.76. The van der Waals surface area contributed by atoms with Crippen molar-refractivity contribution in [2.75, 3.05) is 0 Å². The van der Waals surface area contributed by atoms with Crippen molar-refractivity contribution in [2.24, 2.45) is 5.73 Å². The molecule has 2 heteroatoms. The van der Waals surface area contributed by atoms with E-state index in [-0.39, 0.29) is 5.54 Å². The van der Waals surface area contributed by atoms with E-state index < -0.39 is 0 Å². The maximum absolute atomic E-state index is 6.86. The quantitative estimate of drug-likeness (QED) is 0.860. The van der Waals surface area contributed by atoms with Gasteiger partial charge in [0.25, 0.3) is 0 Å². The Hall–Kier alpha value is -1.67. The highest BCUT2D eigenvalue weighted by molar-refractivity contribution is 5.40. The fraction of sp³-hybridized carbons (Fsp3) is 0.389. The summed E-state index contributed by atoms with van der Waals surface area (Å²) in [5, 5.41) is 0. The topological polar surface area (TPSA) is 38.9 Å². The third-order valence-electron chi connectivity index (χ3n) is 5.05. The second kappa shape index (κ2) is 4.42. The van der Waals surface area contributed by atoms with Crippen LogP contribution >= 0.6 is 0 Å². The minimum Gasteiger partial charge on any atom is -0.324 e. The Bertz CT molecular complexity index is 622. The molecule has 2 nitrogen and oxygen atoms in total. The third kappa shape index (κ3) is 1.79.